The highest BCUT2D eigenvalue weighted by molar-refractivity contribution is 5.78. The molecule has 0 heterocycles. The summed E-state index contributed by atoms with van der Waals surface area (Å²) in [6.07, 6.45) is 3.00. The summed E-state index contributed by atoms with van der Waals surface area (Å²) in [7, 11) is 0. The standard InChI is InChI=1S/C12H21N3O/c1-10(2)15(7-3-6-13)12(16)9-14-8-11-4-5-11/h10-11,14H,3-5,7-9H2,1-2H3. The lowest BCUT2D eigenvalue weighted by Crippen LogP contribution is -2.43. The van der Waals surface area contributed by atoms with Crippen molar-refractivity contribution in [3.05, 3.63) is 0 Å². The monoisotopic (exact) mass is 223 g/mol. The molecule has 1 saturated carbocycles. The van der Waals surface area contributed by atoms with Crippen LogP contribution in [-0.4, -0.2) is 36.5 Å². The van der Waals surface area contributed by atoms with Gasteiger partial charge in [-0.05, 0) is 39.2 Å². The van der Waals surface area contributed by atoms with Crippen LogP contribution in [0.3, 0.4) is 0 Å². The summed E-state index contributed by atoms with van der Waals surface area (Å²) in [5.41, 5.74) is 0. The van der Waals surface area contributed by atoms with Crippen LogP contribution in [0, 0.1) is 17.2 Å². The third-order valence-electron chi connectivity index (χ3n) is 2.81. The van der Waals surface area contributed by atoms with Crippen molar-refractivity contribution in [1.29, 1.82) is 5.26 Å². The minimum absolute atomic E-state index is 0.103. The molecule has 1 N–H and O–H groups in total. The molecule has 0 unspecified atom stereocenters. The first kappa shape index (κ1) is 13.0. The normalized spacial score (nSPS) is 14.9. The van der Waals surface area contributed by atoms with E-state index in [1.807, 2.05) is 13.8 Å². The van der Waals surface area contributed by atoms with E-state index in [0.29, 0.717) is 19.5 Å². The molecule has 1 fully saturated rings. The summed E-state index contributed by atoms with van der Waals surface area (Å²) < 4.78 is 0. The Labute approximate surface area is 97.6 Å². The molecule has 0 saturated heterocycles. The topological polar surface area (TPSA) is 56.1 Å². The molecule has 90 valence electrons. The van der Waals surface area contributed by atoms with E-state index in [4.69, 9.17) is 5.26 Å². The van der Waals surface area contributed by atoms with E-state index in [1.54, 1.807) is 4.90 Å². The van der Waals surface area contributed by atoms with Gasteiger partial charge in [-0.25, -0.2) is 0 Å². The predicted octanol–water partition coefficient (Wildman–Crippen LogP) is 1.14. The Hall–Kier alpha value is -1.08. The molecule has 1 amide bonds. The van der Waals surface area contributed by atoms with Crippen LogP contribution in [0.25, 0.3) is 0 Å². The fourth-order valence-corrected chi connectivity index (χ4v) is 1.65. The molecule has 0 aliphatic heterocycles. The molecule has 0 bridgehead atoms. The lowest BCUT2D eigenvalue weighted by atomic mass is 10.2. The Morgan fingerprint density at radius 2 is 2.25 bits per heavy atom. The van der Waals surface area contributed by atoms with Gasteiger partial charge in [-0.15, -0.1) is 0 Å². The van der Waals surface area contributed by atoms with Crippen LogP contribution in [0.4, 0.5) is 0 Å². The van der Waals surface area contributed by atoms with Gasteiger partial charge in [0.05, 0.1) is 19.0 Å². The Morgan fingerprint density at radius 1 is 1.56 bits per heavy atom. The van der Waals surface area contributed by atoms with Crippen LogP contribution in [0.2, 0.25) is 0 Å². The van der Waals surface area contributed by atoms with Crippen molar-refractivity contribution >= 4 is 5.91 Å². The van der Waals surface area contributed by atoms with Gasteiger partial charge < -0.3 is 10.2 Å². The highest BCUT2D eigenvalue weighted by Crippen LogP contribution is 2.27. The summed E-state index contributed by atoms with van der Waals surface area (Å²) >= 11 is 0. The van der Waals surface area contributed by atoms with E-state index in [0.717, 1.165) is 12.5 Å². The third-order valence-corrected chi connectivity index (χ3v) is 2.81. The second-order valence-electron chi connectivity index (χ2n) is 4.66. The van der Waals surface area contributed by atoms with Crippen molar-refractivity contribution in [1.82, 2.24) is 10.2 Å². The quantitative estimate of drug-likeness (QED) is 0.704. The van der Waals surface area contributed by atoms with Gasteiger partial charge in [0.15, 0.2) is 0 Å². The maximum absolute atomic E-state index is 11.8. The van der Waals surface area contributed by atoms with E-state index in [2.05, 4.69) is 11.4 Å². The van der Waals surface area contributed by atoms with Gasteiger partial charge in [-0.2, -0.15) is 5.26 Å². The van der Waals surface area contributed by atoms with Gasteiger partial charge in [-0.1, -0.05) is 0 Å². The lowest BCUT2D eigenvalue weighted by molar-refractivity contribution is -0.131. The van der Waals surface area contributed by atoms with Crippen LogP contribution in [-0.2, 0) is 4.79 Å². The molecule has 0 atom stereocenters. The number of rotatable bonds is 7. The van der Waals surface area contributed by atoms with Crippen LogP contribution < -0.4 is 5.32 Å². The second kappa shape index (κ2) is 6.49. The number of hydrogen-bond donors (Lipinski definition) is 1. The van der Waals surface area contributed by atoms with Crippen molar-refractivity contribution in [2.24, 2.45) is 5.92 Å². The Balaban J connectivity index is 2.24. The third kappa shape index (κ3) is 4.63. The van der Waals surface area contributed by atoms with Crippen molar-refractivity contribution < 1.29 is 4.79 Å². The zero-order chi connectivity index (χ0) is 12.0. The van der Waals surface area contributed by atoms with Crippen molar-refractivity contribution in [3.8, 4) is 6.07 Å². The average molecular weight is 223 g/mol. The van der Waals surface area contributed by atoms with Gasteiger partial charge in [-0.3, -0.25) is 4.79 Å². The lowest BCUT2D eigenvalue weighted by Gasteiger charge is -2.26. The number of nitrogens with zero attached hydrogens (tertiary/aromatic N) is 2. The zero-order valence-corrected chi connectivity index (χ0v) is 10.2. The van der Waals surface area contributed by atoms with Gasteiger partial charge in [0, 0.05) is 12.6 Å². The van der Waals surface area contributed by atoms with Crippen molar-refractivity contribution in [2.45, 2.75) is 39.2 Å². The van der Waals surface area contributed by atoms with Crippen molar-refractivity contribution in [3.63, 3.8) is 0 Å². The number of carbonyl (C=O) groups is 1. The number of hydrogen-bond acceptors (Lipinski definition) is 3. The summed E-state index contributed by atoms with van der Waals surface area (Å²) in [6.45, 7) is 5.86. The molecule has 4 nitrogen and oxygen atoms in total. The molecule has 0 aromatic rings. The van der Waals surface area contributed by atoms with E-state index < -0.39 is 0 Å². The first-order valence-electron chi connectivity index (χ1n) is 6.02. The number of amides is 1. The Bertz CT molecular complexity index is 266. The van der Waals surface area contributed by atoms with Gasteiger partial charge in [0.25, 0.3) is 0 Å². The molecule has 0 aromatic carbocycles. The molecule has 0 radical (unpaired) electrons. The second-order valence-corrected chi connectivity index (χ2v) is 4.66. The molecular weight excluding hydrogens is 202 g/mol. The minimum atomic E-state index is 0.103. The largest absolute Gasteiger partial charge is 0.338 e. The summed E-state index contributed by atoms with van der Waals surface area (Å²) in [6, 6.07) is 2.25. The molecule has 1 rings (SSSR count). The minimum Gasteiger partial charge on any atom is -0.338 e. The van der Waals surface area contributed by atoms with Gasteiger partial charge in [0.2, 0.25) is 5.91 Å². The molecule has 16 heavy (non-hydrogen) atoms. The smallest absolute Gasteiger partial charge is 0.236 e. The van der Waals surface area contributed by atoms with E-state index in [-0.39, 0.29) is 11.9 Å². The maximum Gasteiger partial charge on any atom is 0.236 e. The fourth-order valence-electron chi connectivity index (χ4n) is 1.65. The van der Waals surface area contributed by atoms with Crippen LogP contribution in [0.1, 0.15) is 33.1 Å². The van der Waals surface area contributed by atoms with Crippen LogP contribution in [0.15, 0.2) is 0 Å². The molecule has 1 aliphatic rings. The number of nitriles is 1. The van der Waals surface area contributed by atoms with E-state index in [9.17, 15) is 4.79 Å². The predicted molar refractivity (Wildman–Crippen MR) is 62.7 cm³/mol. The number of carbonyl (C=O) groups excluding carboxylic acids is 1. The fraction of sp³-hybridized carbons (Fsp3) is 0.833. The molecule has 1 aliphatic carbocycles. The Kier molecular flexibility index (Phi) is 5.27. The molecular formula is C12H21N3O. The van der Waals surface area contributed by atoms with E-state index >= 15 is 0 Å². The highest BCUT2D eigenvalue weighted by atomic mass is 16.2. The van der Waals surface area contributed by atoms with Crippen molar-refractivity contribution in [2.75, 3.05) is 19.6 Å². The van der Waals surface area contributed by atoms with Crippen LogP contribution in [0.5, 0.6) is 0 Å². The zero-order valence-electron chi connectivity index (χ0n) is 10.2. The molecule has 0 aromatic heterocycles. The van der Waals surface area contributed by atoms with Crippen LogP contribution >= 0.6 is 0 Å². The van der Waals surface area contributed by atoms with Gasteiger partial charge >= 0.3 is 0 Å². The maximum atomic E-state index is 11.8. The first-order chi connectivity index (χ1) is 7.65. The Morgan fingerprint density at radius 3 is 2.75 bits per heavy atom. The summed E-state index contributed by atoms with van der Waals surface area (Å²) in [5, 5.41) is 11.7. The first-order valence-corrected chi connectivity index (χ1v) is 6.02. The average Bonchev–Trinajstić information content (AvgIpc) is 3.02. The molecule has 0 spiro atoms. The summed E-state index contributed by atoms with van der Waals surface area (Å²) in [5.74, 6) is 0.894. The number of nitrogens with one attached hydrogen (secondary N) is 1. The van der Waals surface area contributed by atoms with Gasteiger partial charge in [0.1, 0.15) is 0 Å². The SMILES string of the molecule is CC(C)N(CCC#N)C(=O)CNCC1CC1. The van der Waals surface area contributed by atoms with E-state index in [1.165, 1.54) is 12.8 Å². The molecule has 4 heteroatoms. The highest BCUT2D eigenvalue weighted by Gasteiger charge is 2.21. The summed E-state index contributed by atoms with van der Waals surface area (Å²) in [4.78, 5) is 13.6.